The Hall–Kier alpha value is -3.17. The number of furan rings is 1. The van der Waals surface area contributed by atoms with Gasteiger partial charge in [0, 0.05) is 23.4 Å². The van der Waals surface area contributed by atoms with Gasteiger partial charge in [0.1, 0.15) is 5.01 Å². The fraction of sp³-hybridized carbons (Fsp3) is 0.143. The topological polar surface area (TPSA) is 85.8 Å². The number of anilines is 1. The zero-order chi connectivity index (χ0) is 20.8. The van der Waals surface area contributed by atoms with E-state index in [1.807, 2.05) is 52.4 Å². The van der Waals surface area contributed by atoms with Gasteiger partial charge < -0.3 is 9.73 Å². The Kier molecular flexibility index (Phi) is 6.41. The van der Waals surface area contributed by atoms with Gasteiger partial charge in [-0.15, -0.1) is 28.1 Å². The second-order valence-electron chi connectivity index (χ2n) is 6.29. The van der Waals surface area contributed by atoms with Crippen molar-refractivity contribution in [3.05, 3.63) is 77.5 Å². The molecule has 0 spiro atoms. The molecule has 152 valence electrons. The Bertz CT molecular complexity index is 1120. The second-order valence-corrected chi connectivity index (χ2v) is 8.18. The maximum Gasteiger partial charge on any atom is 0.231 e. The van der Waals surface area contributed by atoms with E-state index in [0.29, 0.717) is 23.9 Å². The minimum absolute atomic E-state index is 0.0800. The first-order valence-corrected chi connectivity index (χ1v) is 11.1. The molecule has 0 atom stereocenters. The molecular weight excluding hydrogens is 418 g/mol. The smallest absolute Gasteiger partial charge is 0.231 e. The van der Waals surface area contributed by atoms with Crippen molar-refractivity contribution in [2.75, 3.05) is 5.32 Å². The molecule has 0 radical (unpaired) electrons. The lowest BCUT2D eigenvalue weighted by molar-refractivity contribution is -0.115. The van der Waals surface area contributed by atoms with Crippen LogP contribution in [-0.4, -0.2) is 25.7 Å². The fourth-order valence-corrected chi connectivity index (χ4v) is 4.51. The number of aromatic nitrogens is 4. The van der Waals surface area contributed by atoms with Crippen molar-refractivity contribution in [1.82, 2.24) is 19.7 Å². The third-order valence-corrected chi connectivity index (χ3v) is 5.99. The quantitative estimate of drug-likeness (QED) is 0.303. The molecule has 0 fully saturated rings. The lowest BCUT2D eigenvalue weighted by Gasteiger charge is -2.05. The highest BCUT2D eigenvalue weighted by Gasteiger charge is 2.16. The number of thioether (sulfide) groups is 1. The van der Waals surface area contributed by atoms with Crippen LogP contribution in [0.1, 0.15) is 10.7 Å². The van der Waals surface area contributed by atoms with Gasteiger partial charge in [0.2, 0.25) is 11.7 Å². The van der Waals surface area contributed by atoms with Crippen LogP contribution in [0.4, 0.5) is 5.69 Å². The number of rotatable bonds is 9. The summed E-state index contributed by atoms with van der Waals surface area (Å²) in [7, 11) is 0. The number of amides is 1. The molecule has 1 aromatic carbocycles. The van der Waals surface area contributed by atoms with E-state index in [9.17, 15) is 4.79 Å². The van der Waals surface area contributed by atoms with Gasteiger partial charge in [0.15, 0.2) is 10.9 Å². The highest BCUT2D eigenvalue weighted by Crippen LogP contribution is 2.27. The summed E-state index contributed by atoms with van der Waals surface area (Å²) in [4.78, 5) is 16.8. The first-order valence-electron chi connectivity index (χ1n) is 9.22. The van der Waals surface area contributed by atoms with Gasteiger partial charge in [0.25, 0.3) is 0 Å². The van der Waals surface area contributed by atoms with Crippen molar-refractivity contribution in [1.29, 1.82) is 0 Å². The largest absolute Gasteiger partial charge is 0.461 e. The Labute approximate surface area is 181 Å². The molecule has 9 heteroatoms. The third kappa shape index (κ3) is 4.87. The van der Waals surface area contributed by atoms with E-state index in [4.69, 9.17) is 4.42 Å². The molecule has 0 unspecified atom stereocenters. The first-order chi connectivity index (χ1) is 14.7. The molecule has 7 nitrogen and oxygen atoms in total. The average molecular weight is 438 g/mol. The van der Waals surface area contributed by atoms with Gasteiger partial charge in [-0.2, -0.15) is 0 Å². The number of benzene rings is 1. The SMILES string of the molecule is C=CCn1c(SCc2csc(CC(=O)Nc3ccccc3)n2)nnc1-c1ccco1. The Morgan fingerprint density at radius 1 is 1.23 bits per heavy atom. The van der Waals surface area contributed by atoms with Crippen LogP contribution in [0.15, 0.2) is 76.3 Å². The van der Waals surface area contributed by atoms with Crippen LogP contribution in [0.25, 0.3) is 11.6 Å². The van der Waals surface area contributed by atoms with Crippen molar-refractivity contribution in [3.8, 4) is 11.6 Å². The molecule has 0 aliphatic rings. The number of thiazole rings is 1. The summed E-state index contributed by atoms with van der Waals surface area (Å²) in [6.45, 7) is 4.39. The van der Waals surface area contributed by atoms with Crippen LogP contribution in [0.2, 0.25) is 0 Å². The molecule has 0 bridgehead atoms. The van der Waals surface area contributed by atoms with Crippen molar-refractivity contribution >= 4 is 34.7 Å². The van der Waals surface area contributed by atoms with Crippen molar-refractivity contribution in [2.45, 2.75) is 23.9 Å². The molecular formula is C21H19N5O2S2. The summed E-state index contributed by atoms with van der Waals surface area (Å²) in [5.41, 5.74) is 1.68. The van der Waals surface area contributed by atoms with Crippen molar-refractivity contribution < 1.29 is 9.21 Å². The number of hydrogen-bond donors (Lipinski definition) is 1. The summed E-state index contributed by atoms with van der Waals surface area (Å²) < 4.78 is 7.41. The number of para-hydroxylation sites is 1. The second kappa shape index (κ2) is 9.55. The molecule has 0 saturated carbocycles. The van der Waals surface area contributed by atoms with Gasteiger partial charge in [-0.05, 0) is 24.3 Å². The highest BCUT2D eigenvalue weighted by atomic mass is 32.2. The van der Waals surface area contributed by atoms with Crippen molar-refractivity contribution in [2.24, 2.45) is 0 Å². The minimum atomic E-state index is -0.0800. The predicted octanol–water partition coefficient (Wildman–Crippen LogP) is 4.65. The van der Waals surface area contributed by atoms with E-state index in [0.717, 1.165) is 21.5 Å². The molecule has 0 aliphatic heterocycles. The summed E-state index contributed by atoms with van der Waals surface area (Å²) in [6, 6.07) is 13.1. The van der Waals surface area contributed by atoms with Crippen LogP contribution in [0.3, 0.4) is 0 Å². The summed E-state index contributed by atoms with van der Waals surface area (Å²) in [6.07, 6.45) is 3.66. The molecule has 0 aliphatic carbocycles. The van der Waals surface area contributed by atoms with E-state index in [1.165, 1.54) is 23.1 Å². The van der Waals surface area contributed by atoms with Gasteiger partial charge >= 0.3 is 0 Å². The maximum atomic E-state index is 12.2. The number of carbonyl (C=O) groups excluding carboxylic acids is 1. The zero-order valence-electron chi connectivity index (χ0n) is 16.0. The molecule has 0 saturated heterocycles. The van der Waals surface area contributed by atoms with E-state index in [1.54, 1.807) is 12.3 Å². The number of hydrogen-bond acceptors (Lipinski definition) is 7. The van der Waals surface area contributed by atoms with Gasteiger partial charge in [0.05, 0.1) is 18.4 Å². The monoisotopic (exact) mass is 437 g/mol. The van der Waals surface area contributed by atoms with E-state index in [2.05, 4.69) is 27.1 Å². The van der Waals surface area contributed by atoms with E-state index in [-0.39, 0.29) is 12.3 Å². The number of allylic oxidation sites excluding steroid dienone is 1. The summed E-state index contributed by atoms with van der Waals surface area (Å²) in [5, 5.41) is 14.9. The Balaban J connectivity index is 1.38. The average Bonchev–Trinajstić information content (AvgIpc) is 3.49. The first kappa shape index (κ1) is 20.1. The standard InChI is InChI=1S/C21H19N5O2S2/c1-2-10-26-20(17-9-6-11-28-17)24-25-21(26)30-14-16-13-29-19(23-16)12-18(27)22-15-7-4-3-5-8-15/h2-9,11,13H,1,10,12,14H2,(H,22,27). The van der Waals surface area contributed by atoms with Gasteiger partial charge in [-0.25, -0.2) is 4.98 Å². The zero-order valence-corrected chi connectivity index (χ0v) is 17.7. The Morgan fingerprint density at radius 3 is 2.87 bits per heavy atom. The van der Waals surface area contributed by atoms with Crippen LogP contribution in [0, 0.1) is 0 Å². The van der Waals surface area contributed by atoms with Crippen molar-refractivity contribution in [3.63, 3.8) is 0 Å². The molecule has 3 heterocycles. The molecule has 1 N–H and O–H groups in total. The number of nitrogens with one attached hydrogen (secondary N) is 1. The normalized spacial score (nSPS) is 10.8. The minimum Gasteiger partial charge on any atom is -0.461 e. The van der Waals surface area contributed by atoms with Crippen LogP contribution >= 0.6 is 23.1 Å². The molecule has 3 aromatic heterocycles. The third-order valence-electron chi connectivity index (χ3n) is 4.09. The lowest BCUT2D eigenvalue weighted by Crippen LogP contribution is -2.14. The molecule has 4 aromatic rings. The lowest BCUT2D eigenvalue weighted by atomic mass is 10.3. The molecule has 1 amide bonds. The van der Waals surface area contributed by atoms with E-state index >= 15 is 0 Å². The maximum absolute atomic E-state index is 12.2. The van der Waals surface area contributed by atoms with Crippen LogP contribution < -0.4 is 5.32 Å². The van der Waals surface area contributed by atoms with Crippen LogP contribution in [-0.2, 0) is 23.5 Å². The van der Waals surface area contributed by atoms with E-state index < -0.39 is 0 Å². The fourth-order valence-electron chi connectivity index (χ4n) is 2.78. The number of nitrogens with zero attached hydrogens (tertiary/aromatic N) is 4. The molecule has 4 rings (SSSR count). The highest BCUT2D eigenvalue weighted by molar-refractivity contribution is 7.98. The van der Waals surface area contributed by atoms with Gasteiger partial charge in [-0.3, -0.25) is 9.36 Å². The van der Waals surface area contributed by atoms with Gasteiger partial charge in [-0.1, -0.05) is 36.0 Å². The Morgan fingerprint density at radius 2 is 2.10 bits per heavy atom. The summed E-state index contributed by atoms with van der Waals surface area (Å²) >= 11 is 3.02. The van der Waals surface area contributed by atoms with Crippen LogP contribution in [0.5, 0.6) is 0 Å². The summed E-state index contributed by atoms with van der Waals surface area (Å²) in [5.74, 6) is 1.88. The predicted molar refractivity (Wildman–Crippen MR) is 118 cm³/mol. The number of carbonyl (C=O) groups is 1. The molecule has 30 heavy (non-hydrogen) atoms.